The van der Waals surface area contributed by atoms with Crippen molar-refractivity contribution < 1.29 is 9.90 Å². The maximum absolute atomic E-state index is 11.9. The Morgan fingerprint density at radius 3 is 2.50 bits per heavy atom. The molecule has 1 aliphatic carbocycles. The second-order valence-electron chi connectivity index (χ2n) is 6.23. The number of carboxylic acids is 1. The molecule has 1 atom stereocenters. The number of benzene rings is 1. The molecule has 0 radical (unpaired) electrons. The van der Waals surface area contributed by atoms with Crippen molar-refractivity contribution in [2.75, 3.05) is 0 Å². The van der Waals surface area contributed by atoms with Gasteiger partial charge in [-0.25, -0.2) is 4.79 Å². The fourth-order valence-corrected chi connectivity index (χ4v) is 3.18. The molecule has 1 fully saturated rings. The Morgan fingerprint density at radius 1 is 1.25 bits per heavy atom. The van der Waals surface area contributed by atoms with E-state index in [1.54, 1.807) is 6.92 Å². The highest BCUT2D eigenvalue weighted by atomic mass is 16.4. The largest absolute Gasteiger partial charge is 0.480 e. The van der Waals surface area contributed by atoms with Crippen LogP contribution in [0.25, 0.3) is 0 Å². The molecule has 2 rings (SSSR count). The summed E-state index contributed by atoms with van der Waals surface area (Å²) in [5.41, 5.74) is 2.01. The number of nitrogens with one attached hydrogen (secondary N) is 1. The van der Waals surface area contributed by atoms with Gasteiger partial charge in [0.1, 0.15) is 5.54 Å². The van der Waals surface area contributed by atoms with Crippen molar-refractivity contribution in [3.63, 3.8) is 0 Å². The highest BCUT2D eigenvalue weighted by molar-refractivity contribution is 5.81. The lowest BCUT2D eigenvalue weighted by Crippen LogP contribution is -2.52. The van der Waals surface area contributed by atoms with E-state index in [-0.39, 0.29) is 0 Å². The van der Waals surface area contributed by atoms with E-state index in [0.717, 1.165) is 29.5 Å². The molecule has 20 heavy (non-hydrogen) atoms. The Hall–Kier alpha value is -1.35. The number of rotatable bonds is 4. The fourth-order valence-electron chi connectivity index (χ4n) is 3.18. The van der Waals surface area contributed by atoms with Crippen molar-refractivity contribution in [3.8, 4) is 0 Å². The van der Waals surface area contributed by atoms with E-state index < -0.39 is 11.5 Å². The average Bonchev–Trinajstić information content (AvgIpc) is 2.42. The molecule has 0 aromatic heterocycles. The number of aryl methyl sites for hydroxylation is 2. The van der Waals surface area contributed by atoms with Crippen LogP contribution in [0.3, 0.4) is 0 Å². The van der Waals surface area contributed by atoms with Gasteiger partial charge < -0.3 is 5.11 Å². The molecular weight excluding hydrogens is 250 g/mol. The monoisotopic (exact) mass is 275 g/mol. The van der Waals surface area contributed by atoms with Gasteiger partial charge >= 0.3 is 5.97 Å². The quantitative estimate of drug-likeness (QED) is 0.884. The smallest absolute Gasteiger partial charge is 0.328 e. The van der Waals surface area contributed by atoms with Gasteiger partial charge in [-0.1, -0.05) is 43.0 Å². The minimum absolute atomic E-state index is 0.310. The lowest BCUT2D eigenvalue weighted by Gasteiger charge is -2.35. The van der Waals surface area contributed by atoms with Gasteiger partial charge in [0, 0.05) is 6.04 Å². The molecular formula is C17H25NO2. The third kappa shape index (κ3) is 3.04. The standard InChI is InChI=1S/C17H25NO2/c1-12-9-10-13(2)15(11-12)17(3,16(19)20)18-14-7-5-4-6-8-14/h9-11,14,18H,4-8H2,1-3H3,(H,19,20). The van der Waals surface area contributed by atoms with Crippen LogP contribution < -0.4 is 5.32 Å². The number of carboxylic acid groups (broad SMARTS) is 1. The molecule has 0 amide bonds. The van der Waals surface area contributed by atoms with Crippen LogP contribution in [0.2, 0.25) is 0 Å². The molecule has 0 aliphatic heterocycles. The molecule has 1 saturated carbocycles. The predicted molar refractivity (Wildman–Crippen MR) is 80.9 cm³/mol. The topological polar surface area (TPSA) is 49.3 Å². The first-order chi connectivity index (χ1) is 9.43. The normalized spacial score (nSPS) is 19.6. The summed E-state index contributed by atoms with van der Waals surface area (Å²) in [6.07, 6.45) is 5.81. The van der Waals surface area contributed by atoms with Crippen LogP contribution in [0.5, 0.6) is 0 Å². The van der Waals surface area contributed by atoms with Crippen LogP contribution in [-0.4, -0.2) is 17.1 Å². The minimum Gasteiger partial charge on any atom is -0.480 e. The summed E-state index contributed by atoms with van der Waals surface area (Å²) < 4.78 is 0. The Bertz CT molecular complexity index is 492. The lowest BCUT2D eigenvalue weighted by atomic mass is 9.84. The zero-order valence-electron chi connectivity index (χ0n) is 12.7. The zero-order chi connectivity index (χ0) is 14.8. The zero-order valence-corrected chi connectivity index (χ0v) is 12.7. The predicted octanol–water partition coefficient (Wildman–Crippen LogP) is 3.53. The van der Waals surface area contributed by atoms with Crippen LogP contribution in [-0.2, 0) is 10.3 Å². The second kappa shape index (κ2) is 5.96. The summed E-state index contributed by atoms with van der Waals surface area (Å²) in [4.78, 5) is 11.9. The van der Waals surface area contributed by atoms with Crippen LogP contribution in [0, 0.1) is 13.8 Å². The first-order valence-electron chi connectivity index (χ1n) is 7.52. The van der Waals surface area contributed by atoms with Crippen molar-refractivity contribution in [3.05, 3.63) is 34.9 Å². The molecule has 1 aromatic rings. The van der Waals surface area contributed by atoms with E-state index in [4.69, 9.17) is 0 Å². The molecule has 3 nitrogen and oxygen atoms in total. The highest BCUT2D eigenvalue weighted by Crippen LogP contribution is 2.29. The van der Waals surface area contributed by atoms with Gasteiger partial charge in [0.25, 0.3) is 0 Å². The summed E-state index contributed by atoms with van der Waals surface area (Å²) in [7, 11) is 0. The Labute approximate surface area is 121 Å². The maximum Gasteiger partial charge on any atom is 0.328 e. The van der Waals surface area contributed by atoms with E-state index in [9.17, 15) is 9.90 Å². The minimum atomic E-state index is -1.00. The first-order valence-corrected chi connectivity index (χ1v) is 7.52. The maximum atomic E-state index is 11.9. The van der Waals surface area contributed by atoms with E-state index in [1.165, 1.54) is 19.3 Å². The van der Waals surface area contributed by atoms with Crippen molar-refractivity contribution in [1.82, 2.24) is 5.32 Å². The molecule has 1 unspecified atom stereocenters. The number of hydrogen-bond donors (Lipinski definition) is 2. The molecule has 0 heterocycles. The molecule has 0 spiro atoms. The SMILES string of the molecule is Cc1ccc(C)c(C(C)(NC2CCCCC2)C(=O)O)c1. The van der Waals surface area contributed by atoms with E-state index in [2.05, 4.69) is 5.32 Å². The molecule has 0 saturated heterocycles. The average molecular weight is 275 g/mol. The molecule has 1 aromatic carbocycles. The number of hydrogen-bond acceptors (Lipinski definition) is 2. The van der Waals surface area contributed by atoms with Crippen molar-refractivity contribution in [2.24, 2.45) is 0 Å². The Morgan fingerprint density at radius 2 is 1.90 bits per heavy atom. The lowest BCUT2D eigenvalue weighted by molar-refractivity contribution is -0.145. The van der Waals surface area contributed by atoms with Gasteiger partial charge in [0.15, 0.2) is 0 Å². The van der Waals surface area contributed by atoms with Gasteiger partial charge in [-0.2, -0.15) is 0 Å². The molecule has 1 aliphatic rings. The van der Waals surface area contributed by atoms with Crippen molar-refractivity contribution >= 4 is 5.97 Å². The second-order valence-corrected chi connectivity index (χ2v) is 6.23. The summed E-state index contributed by atoms with van der Waals surface area (Å²) in [6.45, 7) is 5.79. The highest BCUT2D eigenvalue weighted by Gasteiger charge is 2.38. The van der Waals surface area contributed by atoms with Crippen LogP contribution in [0.4, 0.5) is 0 Å². The molecule has 110 valence electrons. The fraction of sp³-hybridized carbons (Fsp3) is 0.588. The number of aliphatic carboxylic acids is 1. The molecule has 0 bridgehead atoms. The van der Waals surface area contributed by atoms with Gasteiger partial charge in [-0.05, 0) is 44.7 Å². The Kier molecular flexibility index (Phi) is 4.48. The van der Waals surface area contributed by atoms with Crippen LogP contribution in [0.15, 0.2) is 18.2 Å². The summed E-state index contributed by atoms with van der Waals surface area (Å²) in [5, 5.41) is 13.2. The molecule has 2 N–H and O–H groups in total. The van der Waals surface area contributed by atoms with Gasteiger partial charge in [0.2, 0.25) is 0 Å². The van der Waals surface area contributed by atoms with Gasteiger partial charge in [-0.3, -0.25) is 5.32 Å². The van der Waals surface area contributed by atoms with Crippen LogP contribution >= 0.6 is 0 Å². The summed E-state index contributed by atoms with van der Waals surface area (Å²) in [5.74, 6) is -0.795. The summed E-state index contributed by atoms with van der Waals surface area (Å²) >= 11 is 0. The van der Waals surface area contributed by atoms with E-state index >= 15 is 0 Å². The van der Waals surface area contributed by atoms with Gasteiger partial charge in [-0.15, -0.1) is 0 Å². The van der Waals surface area contributed by atoms with E-state index in [1.807, 2.05) is 32.0 Å². The van der Waals surface area contributed by atoms with Crippen molar-refractivity contribution in [1.29, 1.82) is 0 Å². The first kappa shape index (κ1) is 15.0. The number of carbonyl (C=O) groups is 1. The molecule has 3 heteroatoms. The van der Waals surface area contributed by atoms with E-state index in [0.29, 0.717) is 6.04 Å². The third-order valence-electron chi connectivity index (χ3n) is 4.46. The Balaban J connectivity index is 2.32. The van der Waals surface area contributed by atoms with Gasteiger partial charge in [0.05, 0.1) is 0 Å². The van der Waals surface area contributed by atoms with Crippen molar-refractivity contribution in [2.45, 2.75) is 64.5 Å². The van der Waals surface area contributed by atoms with Crippen LogP contribution in [0.1, 0.15) is 55.7 Å². The third-order valence-corrected chi connectivity index (χ3v) is 4.46. The summed E-state index contributed by atoms with van der Waals surface area (Å²) in [6, 6.07) is 6.35.